The van der Waals surface area contributed by atoms with Gasteiger partial charge in [0.15, 0.2) is 16.6 Å². The SMILES string of the molecule is O=C(Nc1nc2c(s1)CCC2C(=O)Nc1ccc(OC(F)(F)F)cc1)c1ccc2c(c1)OCO2. The molecule has 8 nitrogen and oxygen atoms in total. The van der Waals surface area contributed by atoms with E-state index in [0.29, 0.717) is 46.4 Å². The Bertz CT molecular complexity index is 1260. The summed E-state index contributed by atoms with van der Waals surface area (Å²) in [6.07, 6.45) is -3.61. The molecule has 5 rings (SSSR count). The van der Waals surface area contributed by atoms with Gasteiger partial charge in [0.2, 0.25) is 12.7 Å². The summed E-state index contributed by atoms with van der Waals surface area (Å²) < 4.78 is 51.2. The van der Waals surface area contributed by atoms with Gasteiger partial charge in [0, 0.05) is 16.1 Å². The second kappa shape index (κ2) is 8.52. The number of fused-ring (bicyclic) bond motifs is 2. The molecule has 1 unspecified atom stereocenters. The first kappa shape index (κ1) is 22.0. The average Bonchev–Trinajstić information content (AvgIpc) is 3.49. The monoisotopic (exact) mass is 491 g/mol. The van der Waals surface area contributed by atoms with Crippen molar-refractivity contribution in [2.75, 3.05) is 17.4 Å². The van der Waals surface area contributed by atoms with Crippen LogP contribution in [-0.4, -0.2) is 30.0 Å². The molecule has 34 heavy (non-hydrogen) atoms. The molecule has 3 aromatic rings. The Labute approximate surface area is 194 Å². The minimum Gasteiger partial charge on any atom is -0.454 e. The number of nitrogens with zero attached hydrogens (tertiary/aromatic N) is 1. The van der Waals surface area contributed by atoms with Gasteiger partial charge in [0.25, 0.3) is 5.91 Å². The van der Waals surface area contributed by atoms with Gasteiger partial charge in [-0.2, -0.15) is 0 Å². The minimum absolute atomic E-state index is 0.106. The zero-order chi connectivity index (χ0) is 23.9. The molecule has 0 bridgehead atoms. The van der Waals surface area contributed by atoms with E-state index in [-0.39, 0.29) is 24.4 Å². The molecule has 1 aromatic heterocycles. The van der Waals surface area contributed by atoms with Crippen LogP contribution in [0.4, 0.5) is 24.0 Å². The van der Waals surface area contributed by atoms with Gasteiger partial charge >= 0.3 is 6.36 Å². The molecule has 2 aliphatic rings. The lowest BCUT2D eigenvalue weighted by Crippen LogP contribution is -2.20. The highest BCUT2D eigenvalue weighted by atomic mass is 32.1. The maximum absolute atomic E-state index is 12.8. The smallest absolute Gasteiger partial charge is 0.454 e. The molecule has 2 N–H and O–H groups in total. The number of nitrogens with one attached hydrogen (secondary N) is 2. The first-order valence-electron chi connectivity index (χ1n) is 10.1. The van der Waals surface area contributed by atoms with Crippen LogP contribution in [0.25, 0.3) is 0 Å². The first-order chi connectivity index (χ1) is 16.2. The average molecular weight is 491 g/mol. The normalized spacial score (nSPS) is 16.1. The first-order valence-corrected chi connectivity index (χ1v) is 10.9. The number of hydrogen-bond acceptors (Lipinski definition) is 7. The van der Waals surface area contributed by atoms with Gasteiger partial charge in [-0.25, -0.2) is 4.98 Å². The maximum atomic E-state index is 12.8. The van der Waals surface area contributed by atoms with Gasteiger partial charge in [0.05, 0.1) is 11.6 Å². The van der Waals surface area contributed by atoms with Gasteiger partial charge < -0.3 is 19.5 Å². The Morgan fingerprint density at radius 1 is 1.06 bits per heavy atom. The Balaban J connectivity index is 1.23. The van der Waals surface area contributed by atoms with E-state index >= 15 is 0 Å². The van der Waals surface area contributed by atoms with E-state index in [2.05, 4.69) is 20.4 Å². The molecule has 0 radical (unpaired) electrons. The van der Waals surface area contributed by atoms with Gasteiger partial charge in [-0.05, 0) is 55.3 Å². The molecule has 176 valence electrons. The summed E-state index contributed by atoms with van der Waals surface area (Å²) >= 11 is 1.30. The lowest BCUT2D eigenvalue weighted by Gasteiger charge is -2.12. The third-order valence-electron chi connectivity index (χ3n) is 5.24. The molecule has 12 heteroatoms. The number of rotatable bonds is 5. The largest absolute Gasteiger partial charge is 0.573 e. The van der Waals surface area contributed by atoms with Gasteiger partial charge in [-0.3, -0.25) is 14.9 Å². The number of halogens is 3. The molecular weight excluding hydrogens is 475 g/mol. The van der Waals surface area contributed by atoms with Crippen LogP contribution in [-0.2, 0) is 11.2 Å². The predicted octanol–water partition coefficient (Wildman–Crippen LogP) is 4.69. The molecular formula is C22H16F3N3O5S. The van der Waals surface area contributed by atoms with E-state index in [1.807, 2.05) is 0 Å². The lowest BCUT2D eigenvalue weighted by molar-refractivity contribution is -0.274. The summed E-state index contributed by atoms with van der Waals surface area (Å²) in [6.45, 7) is 0.106. The van der Waals surface area contributed by atoms with Gasteiger partial charge in [0.1, 0.15) is 5.75 Å². The van der Waals surface area contributed by atoms with E-state index in [4.69, 9.17) is 9.47 Å². The van der Waals surface area contributed by atoms with E-state index < -0.39 is 12.3 Å². The van der Waals surface area contributed by atoms with Crippen LogP contribution >= 0.6 is 11.3 Å². The third-order valence-corrected chi connectivity index (χ3v) is 6.29. The summed E-state index contributed by atoms with van der Waals surface area (Å²) in [5, 5.41) is 5.81. The van der Waals surface area contributed by atoms with Gasteiger partial charge in [-0.1, -0.05) is 0 Å². The fourth-order valence-corrected chi connectivity index (χ4v) is 4.75. The van der Waals surface area contributed by atoms with Crippen molar-refractivity contribution in [3.8, 4) is 17.2 Å². The summed E-state index contributed by atoms with van der Waals surface area (Å²) in [6, 6.07) is 9.75. The number of thiazole rings is 1. The molecule has 0 fully saturated rings. The number of carbonyl (C=O) groups is 2. The Kier molecular flexibility index (Phi) is 5.52. The summed E-state index contributed by atoms with van der Waals surface area (Å²) in [5.74, 6) is -0.551. The summed E-state index contributed by atoms with van der Waals surface area (Å²) in [7, 11) is 0. The van der Waals surface area contributed by atoms with Crippen molar-refractivity contribution >= 4 is 34.0 Å². The molecule has 0 spiro atoms. The number of alkyl halides is 3. The van der Waals surface area contributed by atoms with Crippen LogP contribution in [0, 0.1) is 0 Å². The number of carbonyl (C=O) groups excluding carboxylic acids is 2. The van der Waals surface area contributed by atoms with Crippen LogP contribution in [0.1, 0.15) is 33.3 Å². The van der Waals surface area contributed by atoms with Crippen molar-refractivity contribution in [2.24, 2.45) is 0 Å². The van der Waals surface area contributed by atoms with Crippen molar-refractivity contribution in [2.45, 2.75) is 25.1 Å². The highest BCUT2D eigenvalue weighted by molar-refractivity contribution is 7.16. The minimum atomic E-state index is -4.79. The van der Waals surface area contributed by atoms with Crippen LogP contribution < -0.4 is 24.8 Å². The topological polar surface area (TPSA) is 98.8 Å². The van der Waals surface area contributed by atoms with Crippen molar-refractivity contribution in [3.63, 3.8) is 0 Å². The molecule has 0 saturated heterocycles. The quantitative estimate of drug-likeness (QED) is 0.537. The van der Waals surface area contributed by atoms with Gasteiger partial charge in [-0.15, -0.1) is 24.5 Å². The third kappa shape index (κ3) is 4.62. The Morgan fingerprint density at radius 2 is 1.82 bits per heavy atom. The zero-order valence-corrected chi connectivity index (χ0v) is 18.1. The van der Waals surface area contributed by atoms with Crippen molar-refractivity contribution < 1.29 is 37.0 Å². The number of aromatic nitrogens is 1. The molecule has 1 aliphatic carbocycles. The number of ether oxygens (including phenoxy) is 3. The van der Waals surface area contributed by atoms with Crippen molar-refractivity contribution in [1.29, 1.82) is 0 Å². The second-order valence-corrected chi connectivity index (χ2v) is 8.59. The van der Waals surface area contributed by atoms with Crippen molar-refractivity contribution in [1.82, 2.24) is 4.98 Å². The van der Waals surface area contributed by atoms with Crippen LogP contribution in [0.5, 0.6) is 17.2 Å². The van der Waals surface area contributed by atoms with E-state index in [1.54, 1.807) is 18.2 Å². The number of amides is 2. The fraction of sp³-hybridized carbons (Fsp3) is 0.227. The standard InChI is InChI=1S/C22H16F3N3O5S/c23-22(24,25)33-13-4-2-12(3-5-13)26-20(30)14-6-8-17-18(14)27-21(34-17)28-19(29)11-1-7-15-16(9-11)32-10-31-15/h1-5,7,9,14H,6,8,10H2,(H,26,30)(H,27,28,29). The lowest BCUT2D eigenvalue weighted by atomic mass is 10.1. The summed E-state index contributed by atoms with van der Waals surface area (Å²) in [4.78, 5) is 30.7. The number of aryl methyl sites for hydroxylation is 1. The van der Waals surface area contributed by atoms with Crippen LogP contribution in [0.2, 0.25) is 0 Å². The molecule has 0 saturated carbocycles. The highest BCUT2D eigenvalue weighted by Crippen LogP contribution is 2.39. The Morgan fingerprint density at radius 3 is 2.59 bits per heavy atom. The summed E-state index contributed by atoms with van der Waals surface area (Å²) in [5.41, 5.74) is 1.30. The molecule has 2 amide bonds. The Hall–Kier alpha value is -3.80. The second-order valence-electron chi connectivity index (χ2n) is 7.50. The van der Waals surface area contributed by atoms with Crippen molar-refractivity contribution in [3.05, 3.63) is 58.6 Å². The van der Waals surface area contributed by atoms with Crippen LogP contribution in [0.3, 0.4) is 0 Å². The zero-order valence-electron chi connectivity index (χ0n) is 17.3. The molecule has 2 aromatic carbocycles. The van der Waals surface area contributed by atoms with E-state index in [9.17, 15) is 22.8 Å². The number of anilines is 2. The molecule has 2 heterocycles. The molecule has 1 atom stereocenters. The van der Waals surface area contributed by atoms with E-state index in [0.717, 1.165) is 17.0 Å². The predicted molar refractivity (Wildman–Crippen MR) is 115 cm³/mol. The van der Waals surface area contributed by atoms with E-state index in [1.165, 1.54) is 23.5 Å². The molecule has 1 aliphatic heterocycles. The van der Waals surface area contributed by atoms with Crippen LogP contribution in [0.15, 0.2) is 42.5 Å². The fourth-order valence-electron chi connectivity index (χ4n) is 3.71. The number of hydrogen-bond donors (Lipinski definition) is 2. The maximum Gasteiger partial charge on any atom is 0.573 e. The number of benzene rings is 2. The highest BCUT2D eigenvalue weighted by Gasteiger charge is 2.33.